The van der Waals surface area contributed by atoms with Crippen LogP contribution in [0.15, 0.2) is 11.6 Å². The van der Waals surface area contributed by atoms with Crippen LogP contribution in [-0.4, -0.2) is 17.5 Å². The maximum Gasteiger partial charge on any atom is 0.130 e. The third kappa shape index (κ3) is 4.61. The Kier molecular flexibility index (Phi) is 4.09. The van der Waals surface area contributed by atoms with E-state index in [-0.39, 0.29) is 11.4 Å². The van der Waals surface area contributed by atoms with E-state index in [2.05, 4.69) is 26.8 Å². The molecule has 1 aliphatic rings. The van der Waals surface area contributed by atoms with Crippen LogP contribution in [0.4, 0.5) is 0 Å². The van der Waals surface area contributed by atoms with E-state index < -0.39 is 0 Å². The van der Waals surface area contributed by atoms with E-state index in [1.165, 1.54) is 5.57 Å². The summed E-state index contributed by atoms with van der Waals surface area (Å²) in [5, 5.41) is 0. The summed E-state index contributed by atoms with van der Waals surface area (Å²) in [6.45, 7) is 8.04. The number of hydrogen-bond acceptors (Lipinski definition) is 2. The van der Waals surface area contributed by atoms with Gasteiger partial charge in [0.2, 0.25) is 0 Å². The Morgan fingerprint density at radius 3 is 2.40 bits per heavy atom. The van der Waals surface area contributed by atoms with Gasteiger partial charge in [0.1, 0.15) is 5.78 Å². The van der Waals surface area contributed by atoms with E-state index >= 15 is 0 Å². The first-order valence-corrected chi connectivity index (χ1v) is 5.74. The van der Waals surface area contributed by atoms with Crippen molar-refractivity contribution in [1.82, 2.24) is 0 Å². The molecule has 1 saturated heterocycles. The van der Waals surface area contributed by atoms with Gasteiger partial charge in [-0.15, -0.1) is 0 Å². The average molecular weight is 210 g/mol. The summed E-state index contributed by atoms with van der Waals surface area (Å²) in [5.41, 5.74) is 1.49. The van der Waals surface area contributed by atoms with Crippen LogP contribution in [0.5, 0.6) is 0 Å². The van der Waals surface area contributed by atoms with Gasteiger partial charge in [0.25, 0.3) is 0 Å². The Bertz CT molecular complexity index is 264. The van der Waals surface area contributed by atoms with E-state index in [0.29, 0.717) is 12.5 Å². The number of epoxide rings is 1. The molecule has 2 heteroatoms. The summed E-state index contributed by atoms with van der Waals surface area (Å²) in [7, 11) is 0. The number of carbonyl (C=O) groups excluding carboxylic acids is 1. The molecule has 0 radical (unpaired) electrons. The minimum atomic E-state index is 0.111. The third-order valence-electron chi connectivity index (χ3n) is 2.95. The normalized spacial score (nSPS) is 24.0. The number of Topliss-reactive ketones (excluding diaryl/α,β-unsaturated/α-hetero) is 1. The van der Waals surface area contributed by atoms with Crippen molar-refractivity contribution < 1.29 is 9.53 Å². The van der Waals surface area contributed by atoms with Crippen molar-refractivity contribution >= 4 is 5.78 Å². The lowest BCUT2D eigenvalue weighted by Gasteiger charge is -2.00. The highest BCUT2D eigenvalue weighted by Crippen LogP contribution is 2.38. The maximum atomic E-state index is 10.7. The van der Waals surface area contributed by atoms with Gasteiger partial charge in [-0.2, -0.15) is 0 Å². The maximum absolute atomic E-state index is 10.7. The summed E-state index contributed by atoms with van der Waals surface area (Å²) in [6.07, 6.45) is 6.37. The van der Waals surface area contributed by atoms with Gasteiger partial charge in [0, 0.05) is 6.42 Å². The predicted molar refractivity (Wildman–Crippen MR) is 61.9 cm³/mol. The van der Waals surface area contributed by atoms with Crippen LogP contribution in [0.2, 0.25) is 0 Å². The summed E-state index contributed by atoms with van der Waals surface area (Å²) in [4.78, 5) is 10.7. The van der Waals surface area contributed by atoms with Crippen molar-refractivity contribution in [3.8, 4) is 0 Å². The van der Waals surface area contributed by atoms with Crippen LogP contribution in [0, 0.1) is 0 Å². The van der Waals surface area contributed by atoms with Gasteiger partial charge in [0.05, 0.1) is 11.7 Å². The van der Waals surface area contributed by atoms with Crippen LogP contribution in [0.3, 0.4) is 0 Å². The molecule has 1 aliphatic heterocycles. The molecular formula is C13H22O2. The van der Waals surface area contributed by atoms with Crippen LogP contribution < -0.4 is 0 Å². The predicted octanol–water partition coefficient (Wildman–Crippen LogP) is 3.26. The molecule has 0 amide bonds. The number of carbonyl (C=O) groups is 1. The average Bonchev–Trinajstić information content (AvgIpc) is 2.70. The molecule has 1 rings (SSSR count). The van der Waals surface area contributed by atoms with Crippen molar-refractivity contribution in [3.05, 3.63) is 11.6 Å². The summed E-state index contributed by atoms with van der Waals surface area (Å²) in [6, 6.07) is 0. The van der Waals surface area contributed by atoms with Gasteiger partial charge < -0.3 is 9.53 Å². The van der Waals surface area contributed by atoms with Gasteiger partial charge in [-0.25, -0.2) is 0 Å². The Labute approximate surface area is 92.7 Å². The summed E-state index contributed by atoms with van der Waals surface area (Å²) < 4.78 is 5.52. The zero-order valence-electron chi connectivity index (χ0n) is 10.3. The molecule has 0 aliphatic carbocycles. The van der Waals surface area contributed by atoms with Crippen LogP contribution >= 0.6 is 0 Å². The topological polar surface area (TPSA) is 29.6 Å². The minimum absolute atomic E-state index is 0.111. The number of rotatable bonds is 6. The van der Waals surface area contributed by atoms with Crippen LogP contribution in [0.25, 0.3) is 0 Å². The molecule has 1 fully saturated rings. The largest absolute Gasteiger partial charge is 0.367 e. The highest BCUT2D eigenvalue weighted by atomic mass is 16.6. The molecule has 0 N–H and O–H groups in total. The lowest BCUT2D eigenvalue weighted by molar-refractivity contribution is -0.116. The fraction of sp³-hybridized carbons (Fsp3) is 0.769. The van der Waals surface area contributed by atoms with Gasteiger partial charge in [-0.05, 0) is 47.0 Å². The standard InChI is InChI=1S/C13H22O2/c1-10(6-5-7-11(2)14)8-9-12-13(3,4)15-12/h6,12H,5,7-9H2,1-4H3/b10-6-. The number of ether oxygens (including phenoxy) is 1. The number of ketones is 1. The molecule has 2 nitrogen and oxygen atoms in total. The Morgan fingerprint density at radius 2 is 1.93 bits per heavy atom. The SMILES string of the molecule is CC(=O)CC/C=C(/C)CCC1OC1(C)C. The second-order valence-corrected chi connectivity index (χ2v) is 5.04. The van der Waals surface area contributed by atoms with Crippen molar-refractivity contribution in [3.63, 3.8) is 0 Å². The van der Waals surface area contributed by atoms with Crippen molar-refractivity contribution in [2.24, 2.45) is 0 Å². The molecule has 1 unspecified atom stereocenters. The van der Waals surface area contributed by atoms with Crippen LogP contribution in [-0.2, 0) is 9.53 Å². The Balaban J connectivity index is 2.13. The lowest BCUT2D eigenvalue weighted by atomic mass is 10.0. The second kappa shape index (κ2) is 4.93. The first kappa shape index (κ1) is 12.4. The molecule has 1 heterocycles. The molecule has 0 aromatic carbocycles. The second-order valence-electron chi connectivity index (χ2n) is 5.04. The highest BCUT2D eigenvalue weighted by molar-refractivity contribution is 5.75. The van der Waals surface area contributed by atoms with Gasteiger partial charge in [-0.1, -0.05) is 11.6 Å². The molecule has 86 valence electrons. The molecule has 15 heavy (non-hydrogen) atoms. The fourth-order valence-corrected chi connectivity index (χ4v) is 1.72. The van der Waals surface area contributed by atoms with E-state index in [1.54, 1.807) is 6.92 Å². The van der Waals surface area contributed by atoms with Crippen LogP contribution in [0.1, 0.15) is 53.4 Å². The van der Waals surface area contributed by atoms with Crippen molar-refractivity contribution in [1.29, 1.82) is 0 Å². The van der Waals surface area contributed by atoms with E-state index in [1.807, 2.05) is 0 Å². The van der Waals surface area contributed by atoms with Gasteiger partial charge in [0.15, 0.2) is 0 Å². The van der Waals surface area contributed by atoms with Crippen molar-refractivity contribution in [2.45, 2.75) is 65.1 Å². The number of allylic oxidation sites excluding steroid dienone is 2. The zero-order chi connectivity index (χ0) is 11.5. The zero-order valence-corrected chi connectivity index (χ0v) is 10.3. The lowest BCUT2D eigenvalue weighted by Crippen LogP contribution is -2.02. The molecule has 0 spiro atoms. The van der Waals surface area contributed by atoms with Gasteiger partial charge in [-0.3, -0.25) is 0 Å². The molecule has 0 aromatic heterocycles. The molecule has 0 bridgehead atoms. The Morgan fingerprint density at radius 1 is 1.33 bits per heavy atom. The monoisotopic (exact) mass is 210 g/mol. The first-order chi connectivity index (χ1) is 6.92. The summed E-state index contributed by atoms with van der Waals surface area (Å²) >= 11 is 0. The molecule has 1 atom stereocenters. The van der Waals surface area contributed by atoms with Gasteiger partial charge >= 0.3 is 0 Å². The molecule has 0 aromatic rings. The first-order valence-electron chi connectivity index (χ1n) is 5.74. The van der Waals surface area contributed by atoms with Crippen molar-refractivity contribution in [2.75, 3.05) is 0 Å². The summed E-state index contributed by atoms with van der Waals surface area (Å²) in [5.74, 6) is 0.269. The molecule has 0 saturated carbocycles. The van der Waals surface area contributed by atoms with E-state index in [0.717, 1.165) is 19.3 Å². The van der Waals surface area contributed by atoms with E-state index in [9.17, 15) is 4.79 Å². The smallest absolute Gasteiger partial charge is 0.130 e. The minimum Gasteiger partial charge on any atom is -0.367 e. The van der Waals surface area contributed by atoms with E-state index in [4.69, 9.17) is 4.74 Å². The highest BCUT2D eigenvalue weighted by Gasteiger charge is 2.46. The molecular weight excluding hydrogens is 188 g/mol. The quantitative estimate of drug-likeness (QED) is 0.497. The Hall–Kier alpha value is -0.630. The number of hydrogen-bond donors (Lipinski definition) is 0. The third-order valence-corrected chi connectivity index (χ3v) is 2.95. The fourth-order valence-electron chi connectivity index (χ4n) is 1.72.